The summed E-state index contributed by atoms with van der Waals surface area (Å²) < 4.78 is 3.79. The number of pyridine rings is 1. The Morgan fingerprint density at radius 1 is 1.33 bits per heavy atom. The minimum absolute atomic E-state index is 0.522. The van der Waals surface area contributed by atoms with E-state index in [0.29, 0.717) is 5.95 Å². The van der Waals surface area contributed by atoms with Gasteiger partial charge >= 0.3 is 0 Å². The molecule has 0 saturated carbocycles. The molecule has 92 valence electrons. The summed E-state index contributed by atoms with van der Waals surface area (Å²) in [5.74, 6) is 0.522. The number of aromatic nitrogens is 5. The average Bonchev–Trinajstić information content (AvgIpc) is 2.90. The minimum Gasteiger partial charge on any atom is -0.369 e. The SMILES string of the molecule is Cn1ccc(CCn2c(N)nc3cnccc32)n1. The normalized spacial score (nSPS) is 11.2. The summed E-state index contributed by atoms with van der Waals surface area (Å²) in [6.07, 6.45) is 6.25. The highest BCUT2D eigenvalue weighted by molar-refractivity contribution is 5.76. The highest BCUT2D eigenvalue weighted by Gasteiger charge is 2.08. The van der Waals surface area contributed by atoms with Crippen molar-refractivity contribution >= 4 is 17.0 Å². The van der Waals surface area contributed by atoms with E-state index >= 15 is 0 Å². The molecule has 6 heteroatoms. The van der Waals surface area contributed by atoms with Crippen molar-refractivity contribution < 1.29 is 0 Å². The van der Waals surface area contributed by atoms with Crippen molar-refractivity contribution in [2.75, 3.05) is 5.73 Å². The maximum atomic E-state index is 5.92. The molecule has 0 aromatic carbocycles. The van der Waals surface area contributed by atoms with E-state index in [-0.39, 0.29) is 0 Å². The Bertz CT molecular complexity index is 681. The summed E-state index contributed by atoms with van der Waals surface area (Å²) in [6.45, 7) is 0.767. The molecule has 3 aromatic heterocycles. The number of hydrogen-bond acceptors (Lipinski definition) is 4. The standard InChI is InChI=1S/C12H14N6/c1-17-6-3-9(16-17)4-7-18-11-2-5-14-8-10(11)15-12(18)13/h2-3,5-6,8H,4,7H2,1H3,(H2,13,15). The smallest absolute Gasteiger partial charge is 0.201 e. The average molecular weight is 242 g/mol. The first-order valence-corrected chi connectivity index (χ1v) is 5.78. The lowest BCUT2D eigenvalue weighted by molar-refractivity contribution is 0.683. The van der Waals surface area contributed by atoms with Gasteiger partial charge in [0, 0.05) is 32.4 Å². The molecule has 0 aliphatic rings. The van der Waals surface area contributed by atoms with Gasteiger partial charge in [0.1, 0.15) is 5.52 Å². The Balaban J connectivity index is 1.88. The number of rotatable bonds is 3. The summed E-state index contributed by atoms with van der Waals surface area (Å²) in [5.41, 5.74) is 8.81. The Labute approximate surface area is 104 Å². The lowest BCUT2D eigenvalue weighted by Crippen LogP contribution is -2.06. The van der Waals surface area contributed by atoms with E-state index in [9.17, 15) is 0 Å². The van der Waals surface area contributed by atoms with Gasteiger partial charge < -0.3 is 10.3 Å². The molecule has 3 heterocycles. The molecule has 6 nitrogen and oxygen atoms in total. The zero-order valence-electron chi connectivity index (χ0n) is 10.1. The zero-order valence-corrected chi connectivity index (χ0v) is 10.1. The van der Waals surface area contributed by atoms with E-state index in [1.807, 2.05) is 29.9 Å². The van der Waals surface area contributed by atoms with Gasteiger partial charge in [-0.1, -0.05) is 0 Å². The molecule has 0 radical (unpaired) electrons. The van der Waals surface area contributed by atoms with E-state index in [4.69, 9.17) is 5.73 Å². The maximum absolute atomic E-state index is 5.92. The molecular weight excluding hydrogens is 228 g/mol. The van der Waals surface area contributed by atoms with Gasteiger partial charge in [0.15, 0.2) is 0 Å². The Hall–Kier alpha value is -2.37. The van der Waals surface area contributed by atoms with Crippen molar-refractivity contribution in [2.24, 2.45) is 7.05 Å². The predicted molar refractivity (Wildman–Crippen MR) is 68.9 cm³/mol. The van der Waals surface area contributed by atoms with E-state index in [1.54, 1.807) is 17.1 Å². The molecule has 2 N–H and O–H groups in total. The Morgan fingerprint density at radius 2 is 2.22 bits per heavy atom. The lowest BCUT2D eigenvalue weighted by Gasteiger charge is -2.04. The molecule has 0 unspecified atom stereocenters. The van der Waals surface area contributed by atoms with Gasteiger partial charge in [-0.3, -0.25) is 9.67 Å². The number of fused-ring (bicyclic) bond motifs is 1. The predicted octanol–water partition coefficient (Wildman–Crippen LogP) is 0.990. The van der Waals surface area contributed by atoms with Gasteiger partial charge in [-0.25, -0.2) is 4.98 Å². The zero-order chi connectivity index (χ0) is 12.5. The van der Waals surface area contributed by atoms with Crippen LogP contribution in [0.2, 0.25) is 0 Å². The van der Waals surface area contributed by atoms with Crippen LogP contribution in [-0.2, 0) is 20.0 Å². The number of imidazole rings is 1. The molecule has 0 fully saturated rings. The first-order valence-electron chi connectivity index (χ1n) is 5.78. The third-order valence-electron chi connectivity index (χ3n) is 2.94. The molecule has 0 aliphatic heterocycles. The molecule has 3 aromatic rings. The first kappa shape index (κ1) is 10.8. The van der Waals surface area contributed by atoms with Gasteiger partial charge in [0.25, 0.3) is 0 Å². The fourth-order valence-corrected chi connectivity index (χ4v) is 2.06. The molecule has 0 atom stereocenters. The molecule has 3 rings (SSSR count). The summed E-state index contributed by atoms with van der Waals surface area (Å²) in [4.78, 5) is 8.33. The topological polar surface area (TPSA) is 74.5 Å². The van der Waals surface area contributed by atoms with E-state index in [2.05, 4.69) is 15.1 Å². The van der Waals surface area contributed by atoms with Crippen LogP contribution in [0, 0.1) is 0 Å². The van der Waals surface area contributed by atoms with Crippen molar-refractivity contribution in [2.45, 2.75) is 13.0 Å². The van der Waals surface area contributed by atoms with E-state index in [1.165, 1.54) is 0 Å². The van der Waals surface area contributed by atoms with Crippen molar-refractivity contribution in [1.82, 2.24) is 24.3 Å². The fourth-order valence-electron chi connectivity index (χ4n) is 2.06. The second kappa shape index (κ2) is 4.14. The highest BCUT2D eigenvalue weighted by atomic mass is 15.2. The molecular formula is C12H14N6. The quantitative estimate of drug-likeness (QED) is 0.743. The number of nitrogens with zero attached hydrogens (tertiary/aromatic N) is 5. The third kappa shape index (κ3) is 1.81. The molecule has 0 saturated heterocycles. The highest BCUT2D eigenvalue weighted by Crippen LogP contribution is 2.16. The Morgan fingerprint density at radius 3 is 3.00 bits per heavy atom. The second-order valence-electron chi connectivity index (χ2n) is 4.22. The number of hydrogen-bond donors (Lipinski definition) is 1. The van der Waals surface area contributed by atoms with E-state index in [0.717, 1.165) is 29.7 Å². The van der Waals surface area contributed by atoms with Crippen molar-refractivity contribution in [3.63, 3.8) is 0 Å². The van der Waals surface area contributed by atoms with Gasteiger partial charge in [0.05, 0.1) is 17.4 Å². The van der Waals surface area contributed by atoms with Gasteiger partial charge in [-0.05, 0) is 12.1 Å². The molecule has 18 heavy (non-hydrogen) atoms. The molecule has 0 aliphatic carbocycles. The van der Waals surface area contributed by atoms with Gasteiger partial charge in [0.2, 0.25) is 5.95 Å². The van der Waals surface area contributed by atoms with Crippen LogP contribution in [0.15, 0.2) is 30.7 Å². The van der Waals surface area contributed by atoms with Crippen LogP contribution >= 0.6 is 0 Å². The molecule has 0 bridgehead atoms. The van der Waals surface area contributed by atoms with Crippen molar-refractivity contribution in [3.8, 4) is 0 Å². The maximum Gasteiger partial charge on any atom is 0.201 e. The Kier molecular flexibility index (Phi) is 2.47. The van der Waals surface area contributed by atoms with E-state index < -0.39 is 0 Å². The van der Waals surface area contributed by atoms with Crippen molar-refractivity contribution in [3.05, 3.63) is 36.4 Å². The summed E-state index contributed by atoms with van der Waals surface area (Å²) in [6, 6.07) is 3.94. The van der Waals surface area contributed by atoms with Crippen LogP contribution in [0.3, 0.4) is 0 Å². The first-order chi connectivity index (χ1) is 8.74. The van der Waals surface area contributed by atoms with Gasteiger partial charge in [-0.15, -0.1) is 0 Å². The monoisotopic (exact) mass is 242 g/mol. The second-order valence-corrected chi connectivity index (χ2v) is 4.22. The number of nitrogen functional groups attached to an aromatic ring is 1. The van der Waals surface area contributed by atoms with Crippen LogP contribution in [0.1, 0.15) is 5.69 Å². The summed E-state index contributed by atoms with van der Waals surface area (Å²) >= 11 is 0. The third-order valence-corrected chi connectivity index (χ3v) is 2.94. The van der Waals surface area contributed by atoms with Crippen LogP contribution < -0.4 is 5.73 Å². The van der Waals surface area contributed by atoms with Crippen LogP contribution in [-0.4, -0.2) is 24.3 Å². The minimum atomic E-state index is 0.522. The van der Waals surface area contributed by atoms with Crippen LogP contribution in [0.25, 0.3) is 11.0 Å². The summed E-state index contributed by atoms with van der Waals surface area (Å²) in [5, 5.41) is 4.35. The van der Waals surface area contributed by atoms with Crippen molar-refractivity contribution in [1.29, 1.82) is 0 Å². The van der Waals surface area contributed by atoms with Gasteiger partial charge in [-0.2, -0.15) is 5.10 Å². The summed E-state index contributed by atoms with van der Waals surface area (Å²) in [7, 11) is 1.91. The lowest BCUT2D eigenvalue weighted by atomic mass is 10.3. The van der Waals surface area contributed by atoms with Crippen LogP contribution in [0.5, 0.6) is 0 Å². The molecule has 0 amide bonds. The molecule has 0 spiro atoms. The largest absolute Gasteiger partial charge is 0.369 e. The number of nitrogens with two attached hydrogens (primary N) is 1. The number of aryl methyl sites for hydroxylation is 3. The number of anilines is 1. The van der Waals surface area contributed by atoms with Crippen LogP contribution in [0.4, 0.5) is 5.95 Å². The fraction of sp³-hybridized carbons (Fsp3) is 0.250.